The van der Waals surface area contributed by atoms with Crippen molar-refractivity contribution in [3.63, 3.8) is 0 Å². The first-order valence-electron chi connectivity index (χ1n) is 7.35. The Labute approximate surface area is 136 Å². The third-order valence-corrected chi connectivity index (χ3v) is 3.89. The van der Waals surface area contributed by atoms with E-state index in [1.807, 2.05) is 0 Å². The zero-order chi connectivity index (χ0) is 16.7. The highest BCUT2D eigenvalue weighted by molar-refractivity contribution is 6.29. The van der Waals surface area contributed by atoms with E-state index in [-0.39, 0.29) is 30.8 Å². The predicted molar refractivity (Wildman–Crippen MR) is 84.1 cm³/mol. The van der Waals surface area contributed by atoms with Crippen LogP contribution in [0.3, 0.4) is 0 Å². The highest BCUT2D eigenvalue weighted by Crippen LogP contribution is 2.37. The Balaban J connectivity index is 1.65. The zero-order valence-corrected chi connectivity index (χ0v) is 12.5. The minimum Gasteiger partial charge on any atom is -0.454 e. The Kier molecular flexibility index (Phi) is 3.30. The minimum atomic E-state index is -0.386. The largest absolute Gasteiger partial charge is 0.454 e. The third kappa shape index (κ3) is 2.42. The molecule has 2 aliphatic rings. The summed E-state index contributed by atoms with van der Waals surface area (Å²) in [7, 11) is 0. The number of carbonyl (C=O) groups excluding carboxylic acids is 2. The van der Waals surface area contributed by atoms with Crippen molar-refractivity contribution in [3.8, 4) is 11.5 Å². The number of ether oxygens (including phenoxy) is 2. The molecule has 6 heteroatoms. The van der Waals surface area contributed by atoms with E-state index in [1.54, 1.807) is 36.4 Å². The van der Waals surface area contributed by atoms with Crippen LogP contribution in [0.2, 0.25) is 0 Å². The van der Waals surface area contributed by atoms with Gasteiger partial charge in [-0.25, -0.2) is 9.29 Å². The van der Waals surface area contributed by atoms with Crippen LogP contribution in [0.15, 0.2) is 48.0 Å². The molecule has 1 saturated heterocycles. The highest BCUT2D eigenvalue weighted by atomic mass is 19.1. The summed E-state index contributed by atoms with van der Waals surface area (Å²) in [6.07, 6.45) is 1.61. The normalized spacial score (nSPS) is 17.9. The predicted octanol–water partition coefficient (Wildman–Crippen LogP) is 2.90. The molecule has 0 aromatic heterocycles. The number of carbonyl (C=O) groups is 2. The molecule has 1 fully saturated rings. The summed E-state index contributed by atoms with van der Waals surface area (Å²) in [5.41, 5.74) is 1.47. The molecule has 0 atom stereocenters. The van der Waals surface area contributed by atoms with Gasteiger partial charge in [0, 0.05) is 11.6 Å². The molecular formula is C18H12FNO4. The van der Waals surface area contributed by atoms with Crippen molar-refractivity contribution in [3.05, 3.63) is 59.4 Å². The first-order valence-corrected chi connectivity index (χ1v) is 7.35. The van der Waals surface area contributed by atoms with Crippen LogP contribution in [0.5, 0.6) is 11.5 Å². The first kappa shape index (κ1) is 14.4. The van der Waals surface area contributed by atoms with Crippen molar-refractivity contribution in [2.45, 2.75) is 6.42 Å². The van der Waals surface area contributed by atoms with E-state index in [1.165, 1.54) is 12.1 Å². The van der Waals surface area contributed by atoms with Crippen LogP contribution in [0.4, 0.5) is 10.1 Å². The molecule has 0 aliphatic carbocycles. The number of halogens is 1. The van der Waals surface area contributed by atoms with Gasteiger partial charge in [0.05, 0.1) is 12.1 Å². The number of anilines is 1. The quantitative estimate of drug-likeness (QED) is 0.629. The summed E-state index contributed by atoms with van der Waals surface area (Å²) in [6, 6.07) is 10.7. The lowest BCUT2D eigenvalue weighted by Crippen LogP contribution is -2.28. The number of amides is 2. The molecule has 0 unspecified atom stereocenters. The van der Waals surface area contributed by atoms with Crippen LogP contribution in [0.1, 0.15) is 12.0 Å². The molecule has 0 saturated carbocycles. The average Bonchev–Trinajstić information content (AvgIpc) is 3.14. The first-order chi connectivity index (χ1) is 11.6. The smallest absolute Gasteiger partial charge is 0.261 e. The summed E-state index contributed by atoms with van der Waals surface area (Å²) >= 11 is 0. The van der Waals surface area contributed by atoms with Gasteiger partial charge in [0.15, 0.2) is 11.5 Å². The molecule has 0 N–H and O–H groups in total. The summed E-state index contributed by atoms with van der Waals surface area (Å²) in [5, 5.41) is 0. The molecule has 2 aliphatic heterocycles. The van der Waals surface area contributed by atoms with Crippen molar-refractivity contribution in [2.24, 2.45) is 0 Å². The van der Waals surface area contributed by atoms with Gasteiger partial charge in [-0.15, -0.1) is 0 Å². The molecule has 2 aromatic rings. The molecule has 0 bridgehead atoms. The summed E-state index contributed by atoms with van der Waals surface area (Å²) in [5.74, 6) is 0.0346. The van der Waals surface area contributed by atoms with Gasteiger partial charge >= 0.3 is 0 Å². The fourth-order valence-corrected chi connectivity index (χ4v) is 2.73. The monoisotopic (exact) mass is 325 g/mol. The molecule has 2 aromatic carbocycles. The maximum atomic E-state index is 13.0. The van der Waals surface area contributed by atoms with Crippen molar-refractivity contribution in [1.29, 1.82) is 0 Å². The Bertz CT molecular complexity index is 873. The maximum absolute atomic E-state index is 13.0. The molecule has 120 valence electrons. The number of rotatable bonds is 2. The minimum absolute atomic E-state index is 0.00461. The molecule has 5 nitrogen and oxygen atoms in total. The number of imide groups is 1. The number of nitrogens with zero attached hydrogens (tertiary/aromatic N) is 1. The van der Waals surface area contributed by atoms with Crippen LogP contribution in [-0.4, -0.2) is 18.6 Å². The van der Waals surface area contributed by atoms with E-state index in [0.717, 1.165) is 4.90 Å². The van der Waals surface area contributed by atoms with Crippen molar-refractivity contribution in [1.82, 2.24) is 0 Å². The standard InChI is InChI=1S/C18H12FNO4/c19-13-3-1-11(2-4-13)7-12-8-17(21)20(18(12)22)14-5-6-15-16(9-14)24-10-23-15/h1-7,9H,8,10H2/b12-7+. The van der Waals surface area contributed by atoms with E-state index < -0.39 is 0 Å². The molecule has 0 spiro atoms. The van der Waals surface area contributed by atoms with Crippen LogP contribution >= 0.6 is 0 Å². The van der Waals surface area contributed by atoms with E-state index >= 15 is 0 Å². The van der Waals surface area contributed by atoms with Gasteiger partial charge in [0.1, 0.15) is 5.82 Å². The van der Waals surface area contributed by atoms with Crippen LogP contribution < -0.4 is 14.4 Å². The van der Waals surface area contributed by atoms with E-state index in [0.29, 0.717) is 28.3 Å². The molecule has 0 radical (unpaired) electrons. The van der Waals surface area contributed by atoms with E-state index in [2.05, 4.69) is 0 Å². The molecule has 24 heavy (non-hydrogen) atoms. The van der Waals surface area contributed by atoms with Gasteiger partial charge in [-0.3, -0.25) is 9.59 Å². The lowest BCUT2D eigenvalue weighted by Gasteiger charge is -2.13. The number of hydrogen-bond donors (Lipinski definition) is 0. The number of benzene rings is 2. The molecule has 2 amide bonds. The Morgan fingerprint density at radius 2 is 1.75 bits per heavy atom. The number of hydrogen-bond acceptors (Lipinski definition) is 4. The number of fused-ring (bicyclic) bond motifs is 1. The molecule has 4 rings (SSSR count). The van der Waals surface area contributed by atoms with E-state index in [4.69, 9.17) is 9.47 Å². The van der Waals surface area contributed by atoms with Crippen molar-refractivity contribution >= 4 is 23.6 Å². The zero-order valence-electron chi connectivity index (χ0n) is 12.5. The van der Waals surface area contributed by atoms with Gasteiger partial charge in [0.2, 0.25) is 12.7 Å². The van der Waals surface area contributed by atoms with Crippen LogP contribution in [0.25, 0.3) is 6.08 Å². The van der Waals surface area contributed by atoms with Crippen molar-refractivity contribution < 1.29 is 23.5 Å². The molecule has 2 heterocycles. The lowest BCUT2D eigenvalue weighted by molar-refractivity contribution is -0.120. The van der Waals surface area contributed by atoms with Gasteiger partial charge in [-0.05, 0) is 35.9 Å². The van der Waals surface area contributed by atoms with Gasteiger partial charge in [-0.2, -0.15) is 0 Å². The summed E-state index contributed by atoms with van der Waals surface area (Å²) in [4.78, 5) is 26.0. The van der Waals surface area contributed by atoms with Gasteiger partial charge in [-0.1, -0.05) is 12.1 Å². The van der Waals surface area contributed by atoms with Gasteiger partial charge < -0.3 is 9.47 Å². The highest BCUT2D eigenvalue weighted by Gasteiger charge is 2.35. The summed E-state index contributed by atoms with van der Waals surface area (Å²) in [6.45, 7) is 0.121. The Morgan fingerprint density at radius 1 is 1.00 bits per heavy atom. The SMILES string of the molecule is O=C1C/C(=C\c2ccc(F)cc2)C(=O)N1c1ccc2c(c1)OCO2. The maximum Gasteiger partial charge on any atom is 0.261 e. The fraction of sp³-hybridized carbons (Fsp3) is 0.111. The Hall–Kier alpha value is -3.15. The van der Waals surface area contributed by atoms with E-state index in [9.17, 15) is 14.0 Å². The lowest BCUT2D eigenvalue weighted by atomic mass is 10.1. The second-order valence-corrected chi connectivity index (χ2v) is 5.47. The Morgan fingerprint density at radius 3 is 2.54 bits per heavy atom. The fourth-order valence-electron chi connectivity index (χ4n) is 2.73. The average molecular weight is 325 g/mol. The topological polar surface area (TPSA) is 55.8 Å². The summed E-state index contributed by atoms with van der Waals surface area (Å²) < 4.78 is 23.5. The van der Waals surface area contributed by atoms with Crippen LogP contribution in [0, 0.1) is 5.82 Å². The second-order valence-electron chi connectivity index (χ2n) is 5.47. The second kappa shape index (κ2) is 5.49. The molecular weight excluding hydrogens is 313 g/mol. The van der Waals surface area contributed by atoms with Crippen LogP contribution in [-0.2, 0) is 9.59 Å². The van der Waals surface area contributed by atoms with Crippen molar-refractivity contribution in [2.75, 3.05) is 11.7 Å². The third-order valence-electron chi connectivity index (χ3n) is 3.89. The van der Waals surface area contributed by atoms with Gasteiger partial charge in [0.25, 0.3) is 5.91 Å².